The smallest absolute Gasteiger partial charge is 0.114 e. The lowest BCUT2D eigenvalue weighted by molar-refractivity contribution is 0.179. The van der Waals surface area contributed by atoms with E-state index < -0.39 is 0 Å². The average Bonchev–Trinajstić information content (AvgIpc) is 2.69. The highest BCUT2D eigenvalue weighted by molar-refractivity contribution is 7.39. The molecule has 1 saturated heterocycles. The van der Waals surface area contributed by atoms with Gasteiger partial charge in [-0.15, -0.1) is 27.7 Å². The van der Waals surface area contributed by atoms with Gasteiger partial charge < -0.3 is 9.80 Å². The second-order valence-corrected chi connectivity index (χ2v) is 14.3. The number of likely N-dealkylation sites (N-methyl/N-ethyl adjacent to an activating group) is 1. The lowest BCUT2D eigenvalue weighted by Crippen LogP contribution is -2.53. The average molecular weight is 459 g/mol. The summed E-state index contributed by atoms with van der Waals surface area (Å²) in [5, 5.41) is 9.73. The first-order chi connectivity index (χ1) is 14.0. The van der Waals surface area contributed by atoms with Gasteiger partial charge in [0.25, 0.3) is 0 Å². The molecule has 5 nitrogen and oxygen atoms in total. The minimum absolute atomic E-state index is 0.0612. The second-order valence-electron chi connectivity index (χ2n) is 9.57. The molecule has 3 rings (SSSR count). The molecule has 30 heavy (non-hydrogen) atoms. The maximum atomic E-state index is 9.48. The van der Waals surface area contributed by atoms with Crippen LogP contribution in [0, 0.1) is 17.2 Å². The molecule has 0 bridgehead atoms. The Bertz CT molecular complexity index is 935. The summed E-state index contributed by atoms with van der Waals surface area (Å²) in [5.41, 5.74) is 3.16. The summed E-state index contributed by atoms with van der Waals surface area (Å²) in [6.45, 7) is 7.52. The molecule has 0 amide bonds. The molecule has 0 N–H and O–H groups in total. The van der Waals surface area contributed by atoms with Crippen LogP contribution < -0.4 is 4.90 Å². The Morgan fingerprint density at radius 2 is 1.87 bits per heavy atom. The zero-order valence-corrected chi connectivity index (χ0v) is 21.9. The van der Waals surface area contributed by atoms with Crippen LogP contribution in [0.2, 0.25) is 0 Å². The predicted molar refractivity (Wildman–Crippen MR) is 140 cm³/mol. The van der Waals surface area contributed by atoms with Gasteiger partial charge in [-0.25, -0.2) is 0 Å². The quantitative estimate of drug-likeness (QED) is 0.492. The summed E-state index contributed by atoms with van der Waals surface area (Å²) in [6.07, 6.45) is 5.68. The summed E-state index contributed by atoms with van der Waals surface area (Å²) in [6, 6.07) is 6.64. The molecule has 2 aromatic rings. The maximum Gasteiger partial charge on any atom is 0.114 e. The van der Waals surface area contributed by atoms with Crippen molar-refractivity contribution in [3.05, 3.63) is 30.1 Å². The Labute approximate surface area is 188 Å². The number of anilines is 1. The molecular weight excluding hydrogens is 426 g/mol. The van der Waals surface area contributed by atoms with E-state index in [-0.39, 0.29) is 9.95 Å². The van der Waals surface area contributed by atoms with Crippen LogP contribution in [0.25, 0.3) is 11.0 Å². The number of benzene rings is 1. The van der Waals surface area contributed by atoms with Crippen molar-refractivity contribution in [2.75, 3.05) is 31.6 Å². The zero-order chi connectivity index (χ0) is 22.1. The van der Waals surface area contributed by atoms with Gasteiger partial charge in [-0.3, -0.25) is 9.97 Å². The third-order valence-corrected chi connectivity index (χ3v) is 7.34. The van der Waals surface area contributed by atoms with Crippen molar-refractivity contribution in [1.82, 2.24) is 14.9 Å². The monoisotopic (exact) mass is 459 g/mol. The van der Waals surface area contributed by atoms with Crippen LogP contribution in [-0.2, 0) is 0 Å². The number of fused-ring (bicyclic) bond motifs is 1. The molecule has 1 aliphatic rings. The highest BCUT2D eigenvalue weighted by atomic mass is 31.1. The van der Waals surface area contributed by atoms with Crippen LogP contribution in [-0.4, -0.2) is 65.4 Å². The minimum Gasteiger partial charge on any atom is -0.368 e. The fourth-order valence-corrected chi connectivity index (χ4v) is 4.69. The molecule has 1 aliphatic heterocycles. The molecule has 0 saturated carbocycles. The van der Waals surface area contributed by atoms with E-state index >= 15 is 0 Å². The summed E-state index contributed by atoms with van der Waals surface area (Å²) in [7, 11) is 13.5. The Balaban J connectivity index is 1.94. The third-order valence-electron chi connectivity index (χ3n) is 6.11. The van der Waals surface area contributed by atoms with Gasteiger partial charge in [-0.1, -0.05) is 13.8 Å². The topological polar surface area (TPSA) is 56.0 Å². The zero-order valence-electron chi connectivity index (χ0n) is 18.5. The van der Waals surface area contributed by atoms with Crippen LogP contribution >= 0.6 is 27.7 Å². The summed E-state index contributed by atoms with van der Waals surface area (Å²) in [4.78, 5) is 14.1. The number of rotatable bonds is 6. The van der Waals surface area contributed by atoms with E-state index in [1.165, 1.54) is 0 Å². The highest BCUT2D eigenvalue weighted by Gasteiger charge is 2.37. The van der Waals surface area contributed by atoms with Crippen molar-refractivity contribution < 1.29 is 0 Å². The molecule has 160 valence electrons. The van der Waals surface area contributed by atoms with Crippen molar-refractivity contribution in [3.63, 3.8) is 0 Å². The predicted octanol–water partition coefficient (Wildman–Crippen LogP) is 2.71. The Morgan fingerprint density at radius 1 is 1.20 bits per heavy atom. The Hall–Kier alpha value is -0.835. The van der Waals surface area contributed by atoms with Crippen molar-refractivity contribution in [3.8, 4) is 6.07 Å². The minimum atomic E-state index is 0.0612. The number of nitrogens with zero attached hydrogens (tertiary/aromatic N) is 5. The van der Waals surface area contributed by atoms with E-state index in [1.807, 2.05) is 12.1 Å². The molecular formula is C21H33BN5P3. The van der Waals surface area contributed by atoms with Crippen LogP contribution in [0.4, 0.5) is 5.69 Å². The van der Waals surface area contributed by atoms with E-state index in [2.05, 4.69) is 82.3 Å². The van der Waals surface area contributed by atoms with Crippen molar-refractivity contribution in [2.24, 2.45) is 5.92 Å². The van der Waals surface area contributed by atoms with E-state index in [0.29, 0.717) is 23.0 Å². The van der Waals surface area contributed by atoms with E-state index in [4.69, 9.17) is 0 Å². The molecule has 1 fully saturated rings. The number of hydrogen-bond acceptors (Lipinski definition) is 5. The lowest BCUT2D eigenvalue weighted by Gasteiger charge is -2.47. The fourth-order valence-electron chi connectivity index (χ4n) is 4.07. The molecule has 2 heterocycles. The molecule has 9 heteroatoms. The summed E-state index contributed by atoms with van der Waals surface area (Å²) < 4.78 is 0. The van der Waals surface area contributed by atoms with E-state index in [9.17, 15) is 5.26 Å². The van der Waals surface area contributed by atoms with Crippen LogP contribution in [0.5, 0.6) is 0 Å². The van der Waals surface area contributed by atoms with Gasteiger partial charge in [0.05, 0.1) is 11.3 Å². The van der Waals surface area contributed by atoms with E-state index in [0.717, 1.165) is 43.7 Å². The molecule has 1 aromatic heterocycles. The van der Waals surface area contributed by atoms with Gasteiger partial charge in [0.15, 0.2) is 0 Å². The van der Waals surface area contributed by atoms with E-state index in [1.54, 1.807) is 12.4 Å². The van der Waals surface area contributed by atoms with Gasteiger partial charge in [-0.05, 0) is 49.5 Å². The summed E-state index contributed by atoms with van der Waals surface area (Å²) >= 11 is 0. The molecule has 0 aliphatic carbocycles. The van der Waals surface area contributed by atoms with Crippen molar-refractivity contribution in [2.45, 2.75) is 42.7 Å². The van der Waals surface area contributed by atoms with Crippen molar-refractivity contribution in [1.29, 1.82) is 5.26 Å². The number of hydrogen-bond donors (Lipinski definition) is 0. The lowest BCUT2D eigenvalue weighted by atomic mass is 9.84. The first kappa shape index (κ1) is 23.8. The SMILES string of the molecule is BC(C)(P)CCN(C)C1CC(C(C)(P)P)CN(c2ccc(C#N)c3nccnc23)C1. The molecule has 0 spiro atoms. The Kier molecular flexibility index (Phi) is 7.42. The molecule has 6 atom stereocenters. The van der Waals surface area contributed by atoms with Gasteiger partial charge in [-0.2, -0.15) is 5.26 Å². The van der Waals surface area contributed by atoms with Gasteiger partial charge in [0, 0.05) is 36.4 Å². The second kappa shape index (κ2) is 9.34. The standard InChI is InChI=1S/C21H33BN5P3/c1-20(22,28)6-9-26(3)16-10-15(21(2,29)30)12-27(13-16)17-5-4-14(11-23)18-19(17)25-8-7-24-18/h4-5,7-8,15-16H,6,9-10,12-13,22,28-30H2,1-3H3. The van der Waals surface area contributed by atoms with Crippen LogP contribution in [0.3, 0.4) is 0 Å². The van der Waals surface area contributed by atoms with Crippen LogP contribution in [0.15, 0.2) is 24.5 Å². The number of aromatic nitrogens is 2. The maximum absolute atomic E-state index is 9.48. The summed E-state index contributed by atoms with van der Waals surface area (Å²) in [5.74, 6) is 0.500. The van der Waals surface area contributed by atoms with Crippen molar-refractivity contribution >= 4 is 52.3 Å². The fraction of sp³-hybridized carbons (Fsp3) is 0.571. The highest BCUT2D eigenvalue weighted by Crippen LogP contribution is 2.42. The third kappa shape index (κ3) is 5.69. The Morgan fingerprint density at radius 3 is 2.47 bits per heavy atom. The first-order valence-corrected chi connectivity index (χ1v) is 12.2. The molecule has 0 radical (unpaired) electrons. The van der Waals surface area contributed by atoms with Gasteiger partial charge in [0.1, 0.15) is 24.9 Å². The van der Waals surface area contributed by atoms with Gasteiger partial charge >= 0.3 is 0 Å². The van der Waals surface area contributed by atoms with Gasteiger partial charge in [0.2, 0.25) is 0 Å². The molecule has 1 aromatic carbocycles. The molecule has 6 unspecified atom stereocenters. The number of nitriles is 1. The van der Waals surface area contributed by atoms with Crippen LogP contribution in [0.1, 0.15) is 32.3 Å². The number of piperidine rings is 1. The first-order valence-electron chi connectivity index (χ1n) is 10.5. The normalized spacial score (nSPS) is 22.1. The largest absolute Gasteiger partial charge is 0.368 e.